The molecule has 0 saturated heterocycles. The van der Waals surface area contributed by atoms with Gasteiger partial charge < -0.3 is 4.74 Å². The van der Waals surface area contributed by atoms with Crippen LogP contribution in [0, 0.1) is 0 Å². The largest absolute Gasteiger partial charge is 0.496 e. The molecule has 0 radical (unpaired) electrons. The van der Waals surface area contributed by atoms with E-state index in [1.54, 1.807) is 36.7 Å². The van der Waals surface area contributed by atoms with Gasteiger partial charge in [-0.2, -0.15) is 4.98 Å². The molecule has 2 N–H and O–H groups in total. The number of rotatable bonds is 4. The van der Waals surface area contributed by atoms with Crippen molar-refractivity contribution in [1.82, 2.24) is 20.2 Å². The molecule has 8 heteroatoms. The summed E-state index contributed by atoms with van der Waals surface area (Å²) in [6.45, 7) is 0. The summed E-state index contributed by atoms with van der Waals surface area (Å²) >= 11 is 5.93. The molecular weight excluding hydrogens is 318 g/mol. The van der Waals surface area contributed by atoms with Gasteiger partial charge >= 0.3 is 0 Å². The van der Waals surface area contributed by atoms with Crippen LogP contribution < -0.4 is 10.1 Å². The van der Waals surface area contributed by atoms with Crippen LogP contribution in [0.3, 0.4) is 0 Å². The lowest BCUT2D eigenvalue weighted by Gasteiger charge is -2.07. The summed E-state index contributed by atoms with van der Waals surface area (Å²) in [4.78, 5) is 20.5. The van der Waals surface area contributed by atoms with E-state index in [0.717, 1.165) is 5.56 Å². The average Bonchev–Trinajstić information content (AvgIpc) is 3.04. The number of amides is 1. The van der Waals surface area contributed by atoms with Crippen LogP contribution in [-0.2, 0) is 0 Å². The van der Waals surface area contributed by atoms with Gasteiger partial charge in [0.25, 0.3) is 5.91 Å². The van der Waals surface area contributed by atoms with Gasteiger partial charge in [-0.25, -0.2) is 0 Å². The van der Waals surface area contributed by atoms with Crippen LogP contribution in [0.15, 0.2) is 42.7 Å². The molecule has 0 aliphatic heterocycles. The Kier molecular flexibility index (Phi) is 4.20. The summed E-state index contributed by atoms with van der Waals surface area (Å²) in [5, 5.41) is 9.77. The Bertz CT molecular complexity index is 835. The molecule has 7 nitrogen and oxygen atoms in total. The molecule has 1 amide bonds. The standard InChI is InChI=1S/C15H12ClN5O2/c1-23-12-3-2-10(16)8-11(12)14(22)19-15-18-13(20-21-15)9-4-6-17-7-5-9/h2-8H,1H3,(H2,18,19,20,21,22). The van der Waals surface area contributed by atoms with E-state index in [2.05, 4.69) is 25.5 Å². The summed E-state index contributed by atoms with van der Waals surface area (Å²) in [5.74, 6) is 0.686. The third-order valence-electron chi connectivity index (χ3n) is 3.07. The van der Waals surface area contributed by atoms with Crippen molar-refractivity contribution < 1.29 is 9.53 Å². The number of ether oxygens (including phenoxy) is 1. The molecule has 0 fully saturated rings. The maximum Gasteiger partial charge on any atom is 0.261 e. The van der Waals surface area contributed by atoms with E-state index in [9.17, 15) is 4.79 Å². The van der Waals surface area contributed by atoms with Gasteiger partial charge in [-0.1, -0.05) is 11.6 Å². The maximum absolute atomic E-state index is 12.3. The summed E-state index contributed by atoms with van der Waals surface area (Å²) in [6.07, 6.45) is 3.29. The van der Waals surface area contributed by atoms with Gasteiger partial charge in [0, 0.05) is 23.0 Å². The maximum atomic E-state index is 12.3. The van der Waals surface area contributed by atoms with E-state index in [0.29, 0.717) is 22.2 Å². The van der Waals surface area contributed by atoms with Gasteiger partial charge in [0.05, 0.1) is 12.7 Å². The van der Waals surface area contributed by atoms with E-state index in [-0.39, 0.29) is 5.95 Å². The van der Waals surface area contributed by atoms with Gasteiger partial charge in [-0.05, 0) is 30.3 Å². The van der Waals surface area contributed by atoms with E-state index in [1.165, 1.54) is 13.2 Å². The van der Waals surface area contributed by atoms with Crippen molar-refractivity contribution in [2.75, 3.05) is 12.4 Å². The lowest BCUT2D eigenvalue weighted by atomic mass is 10.2. The molecule has 0 aliphatic rings. The number of nitrogens with zero attached hydrogens (tertiary/aromatic N) is 3. The number of nitrogens with one attached hydrogen (secondary N) is 2. The molecule has 116 valence electrons. The number of carbonyl (C=O) groups is 1. The zero-order valence-corrected chi connectivity index (χ0v) is 12.8. The first-order valence-electron chi connectivity index (χ1n) is 6.65. The fourth-order valence-corrected chi connectivity index (χ4v) is 2.16. The third kappa shape index (κ3) is 3.29. The molecule has 0 saturated carbocycles. The molecule has 0 bridgehead atoms. The minimum atomic E-state index is -0.412. The molecule has 0 atom stereocenters. The molecule has 23 heavy (non-hydrogen) atoms. The highest BCUT2D eigenvalue weighted by molar-refractivity contribution is 6.31. The van der Waals surface area contributed by atoms with Gasteiger partial charge in [0.2, 0.25) is 5.95 Å². The summed E-state index contributed by atoms with van der Waals surface area (Å²) in [6, 6.07) is 8.35. The van der Waals surface area contributed by atoms with E-state index >= 15 is 0 Å². The predicted octanol–water partition coefficient (Wildman–Crippen LogP) is 2.78. The van der Waals surface area contributed by atoms with Crippen molar-refractivity contribution in [1.29, 1.82) is 0 Å². The highest BCUT2D eigenvalue weighted by atomic mass is 35.5. The highest BCUT2D eigenvalue weighted by Gasteiger charge is 2.15. The summed E-state index contributed by atoms with van der Waals surface area (Å²) in [7, 11) is 1.48. The Morgan fingerprint density at radius 1 is 1.26 bits per heavy atom. The highest BCUT2D eigenvalue weighted by Crippen LogP contribution is 2.23. The quantitative estimate of drug-likeness (QED) is 0.767. The molecule has 2 heterocycles. The third-order valence-corrected chi connectivity index (χ3v) is 3.31. The normalized spacial score (nSPS) is 10.3. The van der Waals surface area contributed by atoms with Gasteiger partial charge in [0.15, 0.2) is 5.82 Å². The topological polar surface area (TPSA) is 92.8 Å². The Morgan fingerprint density at radius 3 is 2.78 bits per heavy atom. The molecule has 3 rings (SSSR count). The van der Waals surface area contributed by atoms with Crippen molar-refractivity contribution in [3.05, 3.63) is 53.3 Å². The van der Waals surface area contributed by atoms with E-state index in [1.807, 2.05) is 0 Å². The first-order valence-corrected chi connectivity index (χ1v) is 7.03. The Hall–Kier alpha value is -2.93. The molecule has 1 aromatic carbocycles. The fourth-order valence-electron chi connectivity index (χ4n) is 1.98. The molecule has 0 spiro atoms. The lowest BCUT2D eigenvalue weighted by molar-refractivity contribution is 0.102. The number of carbonyl (C=O) groups excluding carboxylic acids is 1. The van der Waals surface area contributed by atoms with Gasteiger partial charge in [-0.15, -0.1) is 5.10 Å². The Balaban J connectivity index is 1.82. The molecule has 2 aromatic heterocycles. The van der Waals surface area contributed by atoms with Crippen molar-refractivity contribution in [2.45, 2.75) is 0 Å². The second kappa shape index (κ2) is 6.45. The van der Waals surface area contributed by atoms with Gasteiger partial charge in [-0.3, -0.25) is 20.2 Å². The van der Waals surface area contributed by atoms with Crippen LogP contribution in [-0.4, -0.2) is 33.2 Å². The van der Waals surface area contributed by atoms with Crippen LogP contribution in [0.4, 0.5) is 5.95 Å². The van der Waals surface area contributed by atoms with Crippen molar-refractivity contribution in [2.24, 2.45) is 0 Å². The Labute approximate surface area is 136 Å². The minimum Gasteiger partial charge on any atom is -0.496 e. The van der Waals surface area contributed by atoms with Crippen LogP contribution >= 0.6 is 11.6 Å². The SMILES string of the molecule is COc1ccc(Cl)cc1C(=O)Nc1n[nH]c(-c2ccncc2)n1. The zero-order chi connectivity index (χ0) is 16.2. The van der Waals surface area contributed by atoms with E-state index < -0.39 is 5.91 Å². The Morgan fingerprint density at radius 2 is 2.04 bits per heavy atom. The number of pyridine rings is 1. The van der Waals surface area contributed by atoms with Crippen LogP contribution in [0.2, 0.25) is 5.02 Å². The smallest absolute Gasteiger partial charge is 0.261 e. The van der Waals surface area contributed by atoms with E-state index in [4.69, 9.17) is 16.3 Å². The van der Waals surface area contributed by atoms with Crippen LogP contribution in [0.25, 0.3) is 11.4 Å². The number of methoxy groups -OCH3 is 1. The fraction of sp³-hybridized carbons (Fsp3) is 0.0667. The minimum absolute atomic E-state index is 0.156. The molecule has 0 unspecified atom stereocenters. The van der Waals surface area contributed by atoms with Crippen LogP contribution in [0.1, 0.15) is 10.4 Å². The van der Waals surface area contributed by atoms with Crippen molar-refractivity contribution in [3.63, 3.8) is 0 Å². The number of H-pyrrole nitrogens is 1. The number of aromatic nitrogens is 4. The second-order valence-corrected chi connectivity index (χ2v) is 4.98. The number of benzene rings is 1. The number of aromatic amines is 1. The average molecular weight is 330 g/mol. The first kappa shape index (κ1) is 15.0. The van der Waals surface area contributed by atoms with Crippen LogP contribution in [0.5, 0.6) is 5.75 Å². The first-order chi connectivity index (χ1) is 11.2. The summed E-state index contributed by atoms with van der Waals surface area (Å²) in [5.41, 5.74) is 1.11. The summed E-state index contributed by atoms with van der Waals surface area (Å²) < 4.78 is 5.16. The molecule has 3 aromatic rings. The molecule has 0 aliphatic carbocycles. The predicted molar refractivity (Wildman–Crippen MR) is 85.6 cm³/mol. The monoisotopic (exact) mass is 329 g/mol. The van der Waals surface area contributed by atoms with Crippen molar-refractivity contribution >= 4 is 23.5 Å². The number of halogens is 1. The molecular formula is C15H12ClN5O2. The van der Waals surface area contributed by atoms with Gasteiger partial charge in [0.1, 0.15) is 5.75 Å². The second-order valence-electron chi connectivity index (χ2n) is 4.54. The number of anilines is 1. The van der Waals surface area contributed by atoms with Crippen molar-refractivity contribution in [3.8, 4) is 17.1 Å². The zero-order valence-electron chi connectivity index (χ0n) is 12.1. The number of hydrogen-bond donors (Lipinski definition) is 2. The number of hydrogen-bond acceptors (Lipinski definition) is 5. The lowest BCUT2D eigenvalue weighted by Crippen LogP contribution is -2.14.